The van der Waals surface area contributed by atoms with Crippen molar-refractivity contribution in [3.8, 4) is 0 Å². The first-order valence-electron chi connectivity index (χ1n) is 4.18. The molecule has 0 amide bonds. The maximum absolute atomic E-state index is 11.1. The van der Waals surface area contributed by atoms with Crippen molar-refractivity contribution in [3.05, 3.63) is 0 Å². The molecule has 2 rings (SSSR count). The van der Waals surface area contributed by atoms with Gasteiger partial charge in [0, 0.05) is 5.25 Å². The summed E-state index contributed by atoms with van der Waals surface area (Å²) in [6, 6.07) is 0. The van der Waals surface area contributed by atoms with Crippen LogP contribution in [0.5, 0.6) is 0 Å². The fourth-order valence-corrected chi connectivity index (χ4v) is 5.26. The van der Waals surface area contributed by atoms with Crippen molar-refractivity contribution in [1.29, 1.82) is 0 Å². The number of ether oxygens (including phenoxy) is 1. The van der Waals surface area contributed by atoms with E-state index < -0.39 is 15.9 Å². The third kappa shape index (κ3) is 2.18. The molecule has 0 aromatic heterocycles. The number of aliphatic hydroxyl groups is 1. The second-order valence-corrected chi connectivity index (χ2v) is 7.18. The lowest BCUT2D eigenvalue weighted by atomic mass is 10.3. The Balaban J connectivity index is 1.92. The van der Waals surface area contributed by atoms with Crippen LogP contribution in [0.25, 0.3) is 0 Å². The predicted octanol–water partition coefficient (Wildman–Crippen LogP) is -0.724. The molecule has 2 aliphatic rings. The Morgan fingerprint density at radius 2 is 2.00 bits per heavy atom. The smallest absolute Gasteiger partial charge is 0.154 e. The van der Waals surface area contributed by atoms with Crippen LogP contribution < -0.4 is 0 Å². The third-order valence-corrected chi connectivity index (χ3v) is 5.66. The first-order chi connectivity index (χ1) is 6.07. The van der Waals surface area contributed by atoms with Gasteiger partial charge in [-0.1, -0.05) is 0 Å². The fourth-order valence-electron chi connectivity index (χ4n) is 1.47. The van der Waals surface area contributed by atoms with Crippen LogP contribution in [0.1, 0.15) is 0 Å². The van der Waals surface area contributed by atoms with Gasteiger partial charge in [-0.05, 0) is 0 Å². The molecule has 76 valence electrons. The van der Waals surface area contributed by atoms with Crippen LogP contribution in [0.4, 0.5) is 0 Å². The SMILES string of the molecule is O=S1(=O)CC(O)C(SC2COC2)C1. The molecule has 0 radical (unpaired) electrons. The second kappa shape index (κ2) is 3.42. The summed E-state index contributed by atoms with van der Waals surface area (Å²) < 4.78 is 27.2. The van der Waals surface area contributed by atoms with Gasteiger partial charge < -0.3 is 9.84 Å². The number of rotatable bonds is 2. The van der Waals surface area contributed by atoms with Crippen LogP contribution in [-0.4, -0.2) is 54.8 Å². The van der Waals surface area contributed by atoms with Crippen molar-refractivity contribution in [2.75, 3.05) is 24.7 Å². The van der Waals surface area contributed by atoms with E-state index in [1.807, 2.05) is 0 Å². The highest BCUT2D eigenvalue weighted by atomic mass is 32.2. The lowest BCUT2D eigenvalue weighted by Gasteiger charge is -2.28. The second-order valence-electron chi connectivity index (χ2n) is 3.48. The Bertz CT molecular complexity index is 283. The molecule has 13 heavy (non-hydrogen) atoms. The number of hydrogen-bond acceptors (Lipinski definition) is 5. The van der Waals surface area contributed by atoms with Gasteiger partial charge in [-0.2, -0.15) is 0 Å². The maximum Gasteiger partial charge on any atom is 0.154 e. The Labute approximate surface area is 81.6 Å². The van der Waals surface area contributed by atoms with Gasteiger partial charge in [-0.3, -0.25) is 0 Å². The summed E-state index contributed by atoms with van der Waals surface area (Å²) in [7, 11) is -2.99. The zero-order valence-electron chi connectivity index (χ0n) is 7.05. The molecule has 6 heteroatoms. The van der Waals surface area contributed by atoms with E-state index in [9.17, 15) is 13.5 Å². The molecule has 2 aliphatic heterocycles. The van der Waals surface area contributed by atoms with Crippen LogP contribution >= 0.6 is 11.8 Å². The Morgan fingerprint density at radius 1 is 1.31 bits per heavy atom. The highest BCUT2D eigenvalue weighted by Crippen LogP contribution is 2.31. The normalized spacial score (nSPS) is 38.8. The van der Waals surface area contributed by atoms with Crippen LogP contribution in [0, 0.1) is 0 Å². The van der Waals surface area contributed by atoms with E-state index in [4.69, 9.17) is 4.74 Å². The van der Waals surface area contributed by atoms with E-state index in [2.05, 4.69) is 0 Å². The summed E-state index contributed by atoms with van der Waals surface area (Å²) >= 11 is 1.55. The van der Waals surface area contributed by atoms with Gasteiger partial charge in [0.1, 0.15) is 0 Å². The lowest BCUT2D eigenvalue weighted by Crippen LogP contribution is -2.35. The van der Waals surface area contributed by atoms with Crippen molar-refractivity contribution in [1.82, 2.24) is 0 Å². The molecule has 4 nitrogen and oxygen atoms in total. The van der Waals surface area contributed by atoms with E-state index >= 15 is 0 Å². The fraction of sp³-hybridized carbons (Fsp3) is 1.00. The van der Waals surface area contributed by atoms with Crippen molar-refractivity contribution in [2.45, 2.75) is 16.6 Å². The van der Waals surface area contributed by atoms with Gasteiger partial charge in [-0.25, -0.2) is 8.42 Å². The van der Waals surface area contributed by atoms with E-state index in [0.717, 1.165) is 0 Å². The van der Waals surface area contributed by atoms with Gasteiger partial charge in [0.15, 0.2) is 9.84 Å². The van der Waals surface area contributed by atoms with Crippen molar-refractivity contribution in [2.24, 2.45) is 0 Å². The van der Waals surface area contributed by atoms with E-state index in [0.29, 0.717) is 18.5 Å². The lowest BCUT2D eigenvalue weighted by molar-refractivity contribution is 0.0449. The average Bonchev–Trinajstić information content (AvgIpc) is 2.16. The number of thioether (sulfide) groups is 1. The molecule has 2 heterocycles. The summed E-state index contributed by atoms with van der Waals surface area (Å²) in [4.78, 5) is 0. The van der Waals surface area contributed by atoms with E-state index in [1.165, 1.54) is 0 Å². The summed E-state index contributed by atoms with van der Waals surface area (Å²) in [6.45, 7) is 1.38. The first-order valence-corrected chi connectivity index (χ1v) is 6.95. The molecule has 2 atom stereocenters. The molecule has 0 saturated carbocycles. The quantitative estimate of drug-likeness (QED) is 0.670. The molecule has 0 bridgehead atoms. The molecular weight excluding hydrogens is 212 g/mol. The monoisotopic (exact) mass is 224 g/mol. The zero-order chi connectivity index (χ0) is 9.47. The minimum Gasteiger partial charge on any atom is -0.391 e. The first kappa shape index (κ1) is 9.76. The standard InChI is InChI=1S/C7H12O4S2/c8-6-3-13(9,10)4-7(6)12-5-1-11-2-5/h5-8H,1-4H2. The highest BCUT2D eigenvalue weighted by molar-refractivity contribution is 8.02. The Kier molecular flexibility index (Phi) is 2.57. The van der Waals surface area contributed by atoms with Crippen molar-refractivity contribution >= 4 is 21.6 Å². The number of sulfone groups is 1. The van der Waals surface area contributed by atoms with E-state index in [1.54, 1.807) is 11.8 Å². The van der Waals surface area contributed by atoms with Crippen LogP contribution in [0.15, 0.2) is 0 Å². The van der Waals surface area contributed by atoms with Crippen LogP contribution in [-0.2, 0) is 14.6 Å². The van der Waals surface area contributed by atoms with Gasteiger partial charge in [0.25, 0.3) is 0 Å². The molecular formula is C7H12O4S2. The minimum absolute atomic E-state index is 0.0712. The maximum atomic E-state index is 11.1. The summed E-state index contributed by atoms with van der Waals surface area (Å²) in [5.74, 6) is 0.0492. The third-order valence-electron chi connectivity index (χ3n) is 2.25. The molecule has 0 aromatic rings. The van der Waals surface area contributed by atoms with Crippen LogP contribution in [0.3, 0.4) is 0 Å². The summed E-state index contributed by atoms with van der Waals surface area (Å²) in [5.41, 5.74) is 0. The van der Waals surface area contributed by atoms with Crippen molar-refractivity contribution < 1.29 is 18.3 Å². The van der Waals surface area contributed by atoms with Gasteiger partial charge in [0.05, 0.1) is 36.1 Å². The summed E-state index contributed by atoms with van der Waals surface area (Å²) in [6.07, 6.45) is -0.685. The molecule has 2 fully saturated rings. The Morgan fingerprint density at radius 3 is 2.38 bits per heavy atom. The van der Waals surface area contributed by atoms with Crippen molar-refractivity contribution in [3.63, 3.8) is 0 Å². The molecule has 1 N–H and O–H groups in total. The topological polar surface area (TPSA) is 63.6 Å². The zero-order valence-corrected chi connectivity index (χ0v) is 8.68. The largest absolute Gasteiger partial charge is 0.391 e. The predicted molar refractivity (Wildman–Crippen MR) is 50.6 cm³/mol. The molecule has 2 unspecified atom stereocenters. The highest BCUT2D eigenvalue weighted by Gasteiger charge is 2.39. The molecule has 0 aromatic carbocycles. The molecule has 0 aliphatic carbocycles. The Hall–Kier alpha value is 0.220. The molecule has 0 spiro atoms. The minimum atomic E-state index is -2.99. The number of aliphatic hydroxyl groups excluding tert-OH is 1. The average molecular weight is 224 g/mol. The van der Waals surface area contributed by atoms with Gasteiger partial charge >= 0.3 is 0 Å². The van der Waals surface area contributed by atoms with Gasteiger partial charge in [-0.15, -0.1) is 11.8 Å². The number of hydrogen-bond donors (Lipinski definition) is 1. The van der Waals surface area contributed by atoms with E-state index in [-0.39, 0.29) is 16.8 Å². The van der Waals surface area contributed by atoms with Gasteiger partial charge in [0.2, 0.25) is 0 Å². The summed E-state index contributed by atoms with van der Waals surface area (Å²) in [5, 5.41) is 9.69. The van der Waals surface area contributed by atoms with Crippen LogP contribution in [0.2, 0.25) is 0 Å². The molecule has 2 saturated heterocycles.